The Morgan fingerprint density at radius 3 is 2.46 bits per heavy atom. The van der Waals surface area contributed by atoms with Gasteiger partial charge in [-0.15, -0.1) is 0 Å². The maximum Gasteiger partial charge on any atom is 0.303 e. The van der Waals surface area contributed by atoms with Gasteiger partial charge in [-0.2, -0.15) is 8.42 Å². The minimum Gasteiger partial charge on any atom is -0.457 e. The van der Waals surface area contributed by atoms with Crippen LogP contribution in [0.2, 0.25) is 0 Å². The number of aliphatic hydroxyl groups excluding tert-OH is 1. The summed E-state index contributed by atoms with van der Waals surface area (Å²) in [6.45, 7) is 2.81. The molecule has 35 heavy (non-hydrogen) atoms. The average Bonchev–Trinajstić information content (AvgIpc) is 2.93. The Kier molecular flexibility index (Phi) is 7.76. The zero-order valence-corrected chi connectivity index (χ0v) is 21.9. The fourth-order valence-corrected chi connectivity index (χ4v) is 5.83. The van der Waals surface area contributed by atoms with E-state index in [1.54, 1.807) is 12.1 Å². The monoisotopic (exact) mass is 558 g/mol. The van der Waals surface area contributed by atoms with Crippen molar-refractivity contribution in [3.63, 3.8) is 0 Å². The van der Waals surface area contributed by atoms with E-state index in [2.05, 4.69) is 15.9 Å². The fraction of sp³-hybridized carbons (Fsp3) is 0.296. The van der Waals surface area contributed by atoms with Crippen molar-refractivity contribution in [2.45, 2.75) is 49.7 Å². The largest absolute Gasteiger partial charge is 0.457 e. The van der Waals surface area contributed by atoms with Gasteiger partial charge >= 0.3 is 5.97 Å². The Hall–Kier alpha value is -2.52. The number of hydrogen-bond donors (Lipinski definition) is 1. The van der Waals surface area contributed by atoms with Gasteiger partial charge in [-0.25, -0.2) is 0 Å². The molecule has 0 bridgehead atoms. The highest BCUT2D eigenvalue weighted by Crippen LogP contribution is 2.44. The quantitative estimate of drug-likeness (QED) is 0.316. The van der Waals surface area contributed by atoms with Crippen molar-refractivity contribution < 1.29 is 27.2 Å². The van der Waals surface area contributed by atoms with Crippen LogP contribution in [0.5, 0.6) is 0 Å². The van der Waals surface area contributed by atoms with E-state index in [4.69, 9.17) is 8.92 Å². The third-order valence-electron chi connectivity index (χ3n) is 6.16. The van der Waals surface area contributed by atoms with Gasteiger partial charge in [0.25, 0.3) is 10.1 Å². The van der Waals surface area contributed by atoms with Crippen molar-refractivity contribution >= 4 is 32.0 Å². The number of benzene rings is 3. The molecule has 8 heteroatoms. The molecule has 1 N–H and O–H groups in total. The second kappa shape index (κ2) is 10.6. The molecule has 0 spiro atoms. The second-order valence-corrected chi connectivity index (χ2v) is 11.3. The Morgan fingerprint density at radius 2 is 1.74 bits per heavy atom. The van der Waals surface area contributed by atoms with Gasteiger partial charge in [-0.3, -0.25) is 8.98 Å². The minimum atomic E-state index is -4.02. The highest BCUT2D eigenvalue weighted by Gasteiger charge is 2.35. The molecule has 0 aliphatic heterocycles. The predicted octanol–water partition coefficient (Wildman–Crippen LogP) is 5.21. The maximum atomic E-state index is 12.6. The lowest BCUT2D eigenvalue weighted by Gasteiger charge is -2.29. The van der Waals surface area contributed by atoms with Crippen LogP contribution in [-0.4, -0.2) is 32.2 Å². The number of ether oxygens (including phenoxy) is 1. The Bertz CT molecular complexity index is 1320. The molecule has 1 aliphatic rings. The zero-order chi connectivity index (χ0) is 25.2. The van der Waals surface area contributed by atoms with E-state index in [0.29, 0.717) is 6.42 Å². The first kappa shape index (κ1) is 25.6. The first-order valence-corrected chi connectivity index (χ1v) is 13.5. The van der Waals surface area contributed by atoms with Gasteiger partial charge in [0, 0.05) is 17.3 Å². The Morgan fingerprint density at radius 1 is 1.06 bits per heavy atom. The summed E-state index contributed by atoms with van der Waals surface area (Å²) in [6.07, 6.45) is -0.960. The fourth-order valence-electron chi connectivity index (χ4n) is 4.51. The number of esters is 1. The van der Waals surface area contributed by atoms with E-state index in [9.17, 15) is 18.3 Å². The molecule has 0 aromatic heterocycles. The number of aliphatic hydroxyl groups is 1. The number of carbonyl (C=O) groups is 1. The molecule has 0 saturated heterocycles. The summed E-state index contributed by atoms with van der Waals surface area (Å²) in [7, 11) is -4.02. The highest BCUT2D eigenvalue weighted by molar-refractivity contribution is 9.10. The van der Waals surface area contributed by atoms with Gasteiger partial charge in [0.05, 0.1) is 17.6 Å². The third kappa shape index (κ3) is 6.01. The van der Waals surface area contributed by atoms with Crippen LogP contribution in [0.15, 0.2) is 76.1 Å². The molecule has 6 nitrogen and oxygen atoms in total. The lowest BCUT2D eigenvalue weighted by atomic mass is 9.84. The molecule has 0 unspecified atom stereocenters. The van der Waals surface area contributed by atoms with Crippen LogP contribution < -0.4 is 0 Å². The first-order valence-electron chi connectivity index (χ1n) is 11.3. The van der Waals surface area contributed by atoms with E-state index >= 15 is 0 Å². The number of rotatable bonds is 7. The summed E-state index contributed by atoms with van der Waals surface area (Å²) in [6, 6.07) is 20.1. The molecule has 0 heterocycles. The second-order valence-electron chi connectivity index (χ2n) is 8.80. The summed E-state index contributed by atoms with van der Waals surface area (Å²) in [5, 5.41) is 10.9. The highest BCUT2D eigenvalue weighted by atomic mass is 79.9. The standard InChI is InChI=1S/C27H27BrO6S/c1-17-7-11-23(12-8-17)35(31,32)33-16-22(30)15-26-24-6-4-3-5-19(24)13-20-9-10-21(28)14-25(20)27(26)34-18(2)29/h3-12,14,22,26-27,30H,13,15-16H2,1-2H3/t22-,26-,27+/m1/s1. The first-order chi connectivity index (χ1) is 16.6. The van der Waals surface area contributed by atoms with Gasteiger partial charge in [0.1, 0.15) is 6.10 Å². The third-order valence-corrected chi connectivity index (χ3v) is 7.95. The molecule has 3 aromatic rings. The molecule has 4 rings (SSSR count). The molecule has 3 aromatic carbocycles. The lowest BCUT2D eigenvalue weighted by Crippen LogP contribution is -2.26. The molecule has 1 aliphatic carbocycles. The van der Waals surface area contributed by atoms with Crippen LogP contribution in [0.4, 0.5) is 0 Å². The van der Waals surface area contributed by atoms with Gasteiger partial charge in [-0.1, -0.05) is 64.0 Å². The summed E-state index contributed by atoms with van der Waals surface area (Å²) in [5.41, 5.74) is 4.83. The zero-order valence-electron chi connectivity index (χ0n) is 19.5. The summed E-state index contributed by atoms with van der Waals surface area (Å²) in [4.78, 5) is 12.1. The number of aryl methyl sites for hydroxylation is 1. The molecule has 0 radical (unpaired) electrons. The Labute approximate surface area is 214 Å². The normalized spacial score (nSPS) is 18.2. The molecular weight excluding hydrogens is 532 g/mol. The van der Waals surface area contributed by atoms with Gasteiger partial charge in [0.2, 0.25) is 0 Å². The van der Waals surface area contributed by atoms with E-state index < -0.39 is 40.8 Å². The average molecular weight is 559 g/mol. The molecular formula is C27H27BrO6S. The van der Waals surface area contributed by atoms with E-state index in [1.165, 1.54) is 19.1 Å². The molecule has 0 saturated carbocycles. The van der Waals surface area contributed by atoms with Crippen LogP contribution in [0.25, 0.3) is 0 Å². The van der Waals surface area contributed by atoms with E-state index in [0.717, 1.165) is 32.3 Å². The van der Waals surface area contributed by atoms with Gasteiger partial charge in [-0.05, 0) is 66.3 Å². The van der Waals surface area contributed by atoms with E-state index in [-0.39, 0.29) is 11.3 Å². The van der Waals surface area contributed by atoms with Crippen molar-refractivity contribution in [1.82, 2.24) is 0 Å². The van der Waals surface area contributed by atoms with Crippen LogP contribution >= 0.6 is 15.9 Å². The van der Waals surface area contributed by atoms with Gasteiger partial charge in [0.15, 0.2) is 0 Å². The molecule has 3 atom stereocenters. The lowest BCUT2D eigenvalue weighted by molar-refractivity contribution is -0.148. The van der Waals surface area contributed by atoms with Crippen LogP contribution in [0.1, 0.15) is 53.2 Å². The van der Waals surface area contributed by atoms with Crippen molar-refractivity contribution in [3.05, 3.63) is 99.0 Å². The summed E-state index contributed by atoms with van der Waals surface area (Å²) >= 11 is 3.51. The van der Waals surface area contributed by atoms with Crippen LogP contribution in [0, 0.1) is 6.92 Å². The number of hydrogen-bond acceptors (Lipinski definition) is 6. The van der Waals surface area contributed by atoms with Crippen molar-refractivity contribution in [3.8, 4) is 0 Å². The predicted molar refractivity (Wildman–Crippen MR) is 136 cm³/mol. The van der Waals surface area contributed by atoms with E-state index in [1.807, 2.05) is 49.4 Å². The number of fused-ring (bicyclic) bond motifs is 2. The number of halogens is 1. The van der Waals surface area contributed by atoms with Crippen molar-refractivity contribution in [2.24, 2.45) is 0 Å². The summed E-state index contributed by atoms with van der Waals surface area (Å²) < 4.78 is 37.1. The number of carbonyl (C=O) groups excluding carboxylic acids is 1. The molecule has 0 amide bonds. The van der Waals surface area contributed by atoms with Crippen LogP contribution in [0.3, 0.4) is 0 Å². The smallest absolute Gasteiger partial charge is 0.303 e. The molecule has 184 valence electrons. The Balaban J connectivity index is 1.62. The van der Waals surface area contributed by atoms with Gasteiger partial charge < -0.3 is 9.84 Å². The van der Waals surface area contributed by atoms with Crippen LogP contribution in [-0.2, 0) is 30.3 Å². The maximum absolute atomic E-state index is 12.6. The SMILES string of the molecule is CC(=O)O[C@H]1c2cc(Br)ccc2Cc2ccccc2[C@H]1C[C@@H](O)COS(=O)(=O)c1ccc(C)cc1. The van der Waals surface area contributed by atoms with Crippen molar-refractivity contribution in [1.29, 1.82) is 0 Å². The molecule has 0 fully saturated rings. The summed E-state index contributed by atoms with van der Waals surface area (Å²) in [5.74, 6) is -0.829. The van der Waals surface area contributed by atoms with Crippen molar-refractivity contribution in [2.75, 3.05) is 6.61 Å². The minimum absolute atomic E-state index is 0.0340. The topological polar surface area (TPSA) is 89.9 Å².